The van der Waals surface area contributed by atoms with Gasteiger partial charge in [-0.05, 0) is 36.6 Å². The van der Waals surface area contributed by atoms with Gasteiger partial charge in [-0.1, -0.05) is 6.07 Å². The SMILES string of the molecule is COCC1CCN(Cc2ccc(OC)c(N)c2)C1. The van der Waals surface area contributed by atoms with Gasteiger partial charge in [0.1, 0.15) is 5.75 Å². The van der Waals surface area contributed by atoms with Gasteiger partial charge in [0.15, 0.2) is 0 Å². The monoisotopic (exact) mass is 250 g/mol. The maximum Gasteiger partial charge on any atom is 0.141 e. The van der Waals surface area contributed by atoms with Gasteiger partial charge < -0.3 is 15.2 Å². The summed E-state index contributed by atoms with van der Waals surface area (Å²) < 4.78 is 10.4. The molecule has 1 heterocycles. The van der Waals surface area contributed by atoms with Crippen LogP contribution >= 0.6 is 0 Å². The molecule has 0 amide bonds. The molecule has 2 N–H and O–H groups in total. The lowest BCUT2D eigenvalue weighted by atomic mass is 10.1. The van der Waals surface area contributed by atoms with Crippen LogP contribution in [0.3, 0.4) is 0 Å². The Morgan fingerprint density at radius 1 is 1.39 bits per heavy atom. The summed E-state index contributed by atoms with van der Waals surface area (Å²) in [5.74, 6) is 1.42. The fourth-order valence-corrected chi connectivity index (χ4v) is 2.57. The molecule has 0 spiro atoms. The molecule has 0 aromatic heterocycles. The van der Waals surface area contributed by atoms with Gasteiger partial charge in [-0.25, -0.2) is 0 Å². The number of hydrogen-bond acceptors (Lipinski definition) is 4. The first-order chi connectivity index (χ1) is 8.72. The molecule has 0 bridgehead atoms. The van der Waals surface area contributed by atoms with E-state index in [1.807, 2.05) is 12.1 Å². The average molecular weight is 250 g/mol. The Bertz CT molecular complexity index is 395. The predicted molar refractivity (Wildman–Crippen MR) is 72.7 cm³/mol. The molecule has 4 heteroatoms. The summed E-state index contributed by atoms with van der Waals surface area (Å²) in [7, 11) is 3.41. The molecule has 1 unspecified atom stereocenters. The second kappa shape index (κ2) is 6.07. The van der Waals surface area contributed by atoms with Crippen LogP contribution in [0, 0.1) is 5.92 Å². The molecule has 0 saturated carbocycles. The largest absolute Gasteiger partial charge is 0.495 e. The highest BCUT2D eigenvalue weighted by Gasteiger charge is 2.22. The molecular formula is C14H22N2O2. The van der Waals surface area contributed by atoms with Gasteiger partial charge in [0, 0.05) is 20.2 Å². The first-order valence-electron chi connectivity index (χ1n) is 6.36. The van der Waals surface area contributed by atoms with E-state index in [2.05, 4.69) is 11.0 Å². The fraction of sp³-hybridized carbons (Fsp3) is 0.571. The summed E-state index contributed by atoms with van der Waals surface area (Å²) in [6.07, 6.45) is 1.22. The van der Waals surface area contributed by atoms with Crippen molar-refractivity contribution in [1.29, 1.82) is 0 Å². The van der Waals surface area contributed by atoms with Crippen molar-refractivity contribution in [3.8, 4) is 5.75 Å². The van der Waals surface area contributed by atoms with E-state index in [0.29, 0.717) is 11.6 Å². The molecule has 1 aliphatic rings. The molecule has 1 fully saturated rings. The highest BCUT2D eigenvalue weighted by atomic mass is 16.5. The van der Waals surface area contributed by atoms with Crippen LogP contribution in [0.1, 0.15) is 12.0 Å². The van der Waals surface area contributed by atoms with Crippen LogP contribution < -0.4 is 10.5 Å². The smallest absolute Gasteiger partial charge is 0.141 e. The summed E-state index contributed by atoms with van der Waals surface area (Å²) in [5, 5.41) is 0. The summed E-state index contributed by atoms with van der Waals surface area (Å²) >= 11 is 0. The molecule has 1 aromatic carbocycles. The van der Waals surface area contributed by atoms with Crippen LogP contribution in [0.4, 0.5) is 5.69 Å². The highest BCUT2D eigenvalue weighted by Crippen LogP contribution is 2.24. The number of hydrogen-bond donors (Lipinski definition) is 1. The summed E-state index contributed by atoms with van der Waals surface area (Å²) in [6.45, 7) is 4.06. The lowest BCUT2D eigenvalue weighted by molar-refractivity contribution is 0.152. The molecule has 100 valence electrons. The second-order valence-corrected chi connectivity index (χ2v) is 4.92. The summed E-state index contributed by atoms with van der Waals surface area (Å²) in [4.78, 5) is 2.45. The van der Waals surface area contributed by atoms with Crippen molar-refractivity contribution in [3.63, 3.8) is 0 Å². The quantitative estimate of drug-likeness (QED) is 0.809. The molecule has 1 aliphatic heterocycles. The maximum absolute atomic E-state index is 5.92. The zero-order valence-corrected chi connectivity index (χ0v) is 11.2. The minimum atomic E-state index is 0.672. The van der Waals surface area contributed by atoms with Crippen LogP contribution in [-0.2, 0) is 11.3 Å². The second-order valence-electron chi connectivity index (χ2n) is 4.92. The number of benzene rings is 1. The molecule has 1 saturated heterocycles. The Labute approximate surface area is 109 Å². The molecule has 1 atom stereocenters. The predicted octanol–water partition coefficient (Wildman–Crippen LogP) is 1.75. The third-order valence-corrected chi connectivity index (χ3v) is 3.47. The van der Waals surface area contributed by atoms with E-state index in [1.54, 1.807) is 14.2 Å². The van der Waals surface area contributed by atoms with Crippen LogP contribution in [-0.4, -0.2) is 38.8 Å². The molecule has 2 rings (SSSR count). The standard InChI is InChI=1S/C14H22N2O2/c1-17-10-12-5-6-16(9-12)8-11-3-4-14(18-2)13(15)7-11/h3-4,7,12H,5-6,8-10,15H2,1-2H3. The van der Waals surface area contributed by atoms with E-state index in [4.69, 9.17) is 15.2 Å². The van der Waals surface area contributed by atoms with Gasteiger partial charge in [-0.3, -0.25) is 4.90 Å². The van der Waals surface area contributed by atoms with Crippen molar-refractivity contribution in [2.24, 2.45) is 5.92 Å². The minimum Gasteiger partial charge on any atom is -0.495 e. The number of nitrogens with zero attached hydrogens (tertiary/aromatic N) is 1. The average Bonchev–Trinajstić information content (AvgIpc) is 2.77. The van der Waals surface area contributed by atoms with E-state index >= 15 is 0 Å². The van der Waals surface area contributed by atoms with Crippen LogP contribution in [0.5, 0.6) is 5.75 Å². The van der Waals surface area contributed by atoms with Gasteiger partial charge in [-0.2, -0.15) is 0 Å². The van der Waals surface area contributed by atoms with Crippen molar-refractivity contribution in [1.82, 2.24) is 4.90 Å². The first kappa shape index (κ1) is 13.2. The Morgan fingerprint density at radius 3 is 2.89 bits per heavy atom. The van der Waals surface area contributed by atoms with E-state index in [0.717, 1.165) is 32.0 Å². The Balaban J connectivity index is 1.92. The van der Waals surface area contributed by atoms with E-state index < -0.39 is 0 Å². The zero-order valence-electron chi connectivity index (χ0n) is 11.2. The third kappa shape index (κ3) is 3.15. The van der Waals surface area contributed by atoms with Crippen LogP contribution in [0.2, 0.25) is 0 Å². The normalized spacial score (nSPS) is 20.2. The van der Waals surface area contributed by atoms with Crippen molar-refractivity contribution >= 4 is 5.69 Å². The number of likely N-dealkylation sites (tertiary alicyclic amines) is 1. The Kier molecular flexibility index (Phi) is 4.44. The van der Waals surface area contributed by atoms with Crippen molar-refractivity contribution in [2.45, 2.75) is 13.0 Å². The summed E-state index contributed by atoms with van der Waals surface area (Å²) in [6, 6.07) is 6.02. The summed E-state index contributed by atoms with van der Waals surface area (Å²) in [5.41, 5.74) is 7.87. The van der Waals surface area contributed by atoms with Crippen LogP contribution in [0.15, 0.2) is 18.2 Å². The van der Waals surface area contributed by atoms with Gasteiger partial charge in [-0.15, -0.1) is 0 Å². The number of ether oxygens (including phenoxy) is 2. The number of rotatable bonds is 5. The Hall–Kier alpha value is -1.26. The molecule has 4 nitrogen and oxygen atoms in total. The van der Waals surface area contributed by atoms with E-state index in [1.165, 1.54) is 12.0 Å². The fourth-order valence-electron chi connectivity index (χ4n) is 2.57. The van der Waals surface area contributed by atoms with Crippen molar-refractivity contribution in [3.05, 3.63) is 23.8 Å². The molecule has 18 heavy (non-hydrogen) atoms. The lowest BCUT2D eigenvalue weighted by Crippen LogP contribution is -2.21. The van der Waals surface area contributed by atoms with Crippen LogP contribution in [0.25, 0.3) is 0 Å². The van der Waals surface area contributed by atoms with E-state index in [-0.39, 0.29) is 0 Å². The van der Waals surface area contributed by atoms with E-state index in [9.17, 15) is 0 Å². The highest BCUT2D eigenvalue weighted by molar-refractivity contribution is 5.54. The van der Waals surface area contributed by atoms with Gasteiger partial charge in [0.05, 0.1) is 19.4 Å². The number of nitrogens with two attached hydrogens (primary N) is 1. The van der Waals surface area contributed by atoms with Crippen molar-refractivity contribution < 1.29 is 9.47 Å². The first-order valence-corrected chi connectivity index (χ1v) is 6.36. The third-order valence-electron chi connectivity index (χ3n) is 3.47. The molecule has 1 aromatic rings. The minimum absolute atomic E-state index is 0.672. The molecule has 0 radical (unpaired) electrons. The number of anilines is 1. The Morgan fingerprint density at radius 2 is 2.22 bits per heavy atom. The van der Waals surface area contributed by atoms with Gasteiger partial charge in [0.2, 0.25) is 0 Å². The van der Waals surface area contributed by atoms with Crippen molar-refractivity contribution in [2.75, 3.05) is 39.6 Å². The lowest BCUT2D eigenvalue weighted by Gasteiger charge is -2.16. The molecule has 0 aliphatic carbocycles. The maximum atomic E-state index is 5.92. The van der Waals surface area contributed by atoms with Gasteiger partial charge in [0.25, 0.3) is 0 Å². The molecular weight excluding hydrogens is 228 g/mol. The zero-order chi connectivity index (χ0) is 13.0. The van der Waals surface area contributed by atoms with Gasteiger partial charge >= 0.3 is 0 Å². The number of nitrogen functional groups attached to an aromatic ring is 1. The number of methoxy groups -OCH3 is 2. The topological polar surface area (TPSA) is 47.7 Å².